The van der Waals surface area contributed by atoms with Gasteiger partial charge in [0.25, 0.3) is 0 Å². The summed E-state index contributed by atoms with van der Waals surface area (Å²) >= 11 is 5.90. The van der Waals surface area contributed by atoms with Gasteiger partial charge in [0.1, 0.15) is 17.0 Å². The zero-order valence-electron chi connectivity index (χ0n) is 13.6. The lowest BCUT2D eigenvalue weighted by atomic mass is 10.0. The van der Waals surface area contributed by atoms with E-state index in [1.54, 1.807) is 71.3 Å². The molecule has 0 aliphatic carbocycles. The number of carbonyl (C=O) groups excluding carboxylic acids is 2. The third-order valence-electron chi connectivity index (χ3n) is 4.10. The van der Waals surface area contributed by atoms with E-state index in [2.05, 4.69) is 4.98 Å². The molecule has 0 unspecified atom stereocenters. The van der Waals surface area contributed by atoms with Crippen LogP contribution in [0.4, 0.5) is 0 Å². The van der Waals surface area contributed by atoms with Crippen LogP contribution in [-0.4, -0.2) is 21.0 Å². The summed E-state index contributed by atoms with van der Waals surface area (Å²) in [5, 5.41) is 0.539. The van der Waals surface area contributed by atoms with Crippen molar-refractivity contribution >= 4 is 28.8 Å². The fourth-order valence-corrected chi connectivity index (χ4v) is 2.96. The van der Waals surface area contributed by atoms with E-state index < -0.39 is 0 Å². The smallest absolute Gasteiger partial charge is 0.213 e. The first-order valence-electron chi connectivity index (χ1n) is 8.02. The Morgan fingerprint density at radius 1 is 0.769 bits per heavy atom. The Bertz CT molecular complexity index is 1120. The minimum atomic E-state index is -0.315. The quantitative estimate of drug-likeness (QED) is 0.505. The van der Waals surface area contributed by atoms with E-state index in [9.17, 15) is 9.59 Å². The number of aromatic nitrogens is 2. The first kappa shape index (κ1) is 16.2. The third kappa shape index (κ3) is 2.80. The predicted octanol–water partition coefficient (Wildman–Crippen LogP) is 4.45. The number of benzene rings is 2. The highest BCUT2D eigenvalue weighted by Gasteiger charge is 2.25. The van der Waals surface area contributed by atoms with Crippen molar-refractivity contribution < 1.29 is 9.59 Å². The van der Waals surface area contributed by atoms with Crippen LogP contribution in [0.25, 0.3) is 5.65 Å². The number of carbonyl (C=O) groups is 2. The van der Waals surface area contributed by atoms with Gasteiger partial charge in [0.15, 0.2) is 0 Å². The van der Waals surface area contributed by atoms with Gasteiger partial charge >= 0.3 is 0 Å². The molecule has 2 aromatic heterocycles. The number of hydrogen-bond acceptors (Lipinski definition) is 3. The minimum absolute atomic E-state index is 0.132. The molecule has 0 saturated heterocycles. The maximum Gasteiger partial charge on any atom is 0.213 e. The van der Waals surface area contributed by atoms with Crippen molar-refractivity contribution in [3.63, 3.8) is 0 Å². The van der Waals surface area contributed by atoms with Gasteiger partial charge in [-0.1, -0.05) is 48.0 Å². The number of nitrogens with zero attached hydrogens (tertiary/aromatic N) is 2. The average molecular weight is 361 g/mol. The number of hydrogen-bond donors (Lipinski definition) is 0. The SMILES string of the molecule is O=C(c1ccc(Cl)cc1)c1nc2ccccn2c1C(=O)c1ccccc1. The molecule has 2 aromatic carbocycles. The number of imidazole rings is 1. The summed E-state index contributed by atoms with van der Waals surface area (Å²) in [4.78, 5) is 30.5. The van der Waals surface area contributed by atoms with Crippen LogP contribution in [0, 0.1) is 0 Å². The molecule has 26 heavy (non-hydrogen) atoms. The van der Waals surface area contributed by atoms with Gasteiger partial charge in [0.05, 0.1) is 0 Å². The first-order chi connectivity index (χ1) is 12.6. The molecule has 0 aliphatic heterocycles. The van der Waals surface area contributed by atoms with Crippen LogP contribution in [-0.2, 0) is 0 Å². The topological polar surface area (TPSA) is 51.4 Å². The van der Waals surface area contributed by atoms with Crippen LogP contribution < -0.4 is 0 Å². The molecule has 0 aliphatic rings. The molecule has 2 heterocycles. The molecule has 126 valence electrons. The number of fused-ring (bicyclic) bond motifs is 1. The zero-order chi connectivity index (χ0) is 18.1. The number of rotatable bonds is 4. The Labute approximate surface area is 154 Å². The highest BCUT2D eigenvalue weighted by molar-refractivity contribution is 6.30. The Hall–Kier alpha value is -3.24. The highest BCUT2D eigenvalue weighted by atomic mass is 35.5. The first-order valence-corrected chi connectivity index (χ1v) is 8.40. The molecule has 0 radical (unpaired) electrons. The van der Waals surface area contributed by atoms with Crippen molar-refractivity contribution in [2.24, 2.45) is 0 Å². The van der Waals surface area contributed by atoms with Crippen LogP contribution in [0.3, 0.4) is 0 Å². The van der Waals surface area contributed by atoms with Gasteiger partial charge in [-0.05, 0) is 36.4 Å². The van der Waals surface area contributed by atoms with Gasteiger partial charge in [-0.25, -0.2) is 4.98 Å². The summed E-state index contributed by atoms with van der Waals surface area (Å²) in [7, 11) is 0. The molecule has 0 bridgehead atoms. The Balaban J connectivity index is 1.91. The monoisotopic (exact) mass is 360 g/mol. The van der Waals surface area contributed by atoms with Crippen LogP contribution in [0.2, 0.25) is 5.02 Å². The fourth-order valence-electron chi connectivity index (χ4n) is 2.84. The average Bonchev–Trinajstić information content (AvgIpc) is 3.07. The van der Waals surface area contributed by atoms with E-state index in [-0.39, 0.29) is 23.0 Å². The molecule has 4 aromatic rings. The molecule has 0 spiro atoms. The highest BCUT2D eigenvalue weighted by Crippen LogP contribution is 2.21. The molecule has 0 atom stereocenters. The van der Waals surface area contributed by atoms with E-state index >= 15 is 0 Å². The number of pyridine rings is 1. The molecule has 5 heteroatoms. The van der Waals surface area contributed by atoms with Gasteiger partial charge in [-0.15, -0.1) is 0 Å². The number of ketones is 2. The van der Waals surface area contributed by atoms with Gasteiger partial charge < -0.3 is 0 Å². The summed E-state index contributed by atoms with van der Waals surface area (Å²) in [5.74, 6) is -0.564. The predicted molar refractivity (Wildman–Crippen MR) is 100.0 cm³/mol. The largest absolute Gasteiger partial charge is 0.296 e. The van der Waals surface area contributed by atoms with Crippen LogP contribution in [0.5, 0.6) is 0 Å². The van der Waals surface area contributed by atoms with Crippen molar-refractivity contribution in [1.29, 1.82) is 0 Å². The number of halogens is 1. The molecule has 4 rings (SSSR count). The van der Waals surface area contributed by atoms with Crippen molar-refractivity contribution in [2.75, 3.05) is 0 Å². The standard InChI is InChI=1S/C21H13ClN2O2/c22-16-11-9-15(10-12-16)20(25)18-19(21(26)14-6-2-1-3-7-14)24-13-5-4-8-17(24)23-18/h1-13H. The molecular weight excluding hydrogens is 348 g/mol. The second kappa shape index (κ2) is 6.58. The van der Waals surface area contributed by atoms with Crippen LogP contribution in [0.1, 0.15) is 32.1 Å². The van der Waals surface area contributed by atoms with Crippen molar-refractivity contribution in [3.05, 3.63) is 107 Å². The second-order valence-corrected chi connectivity index (χ2v) is 6.21. The lowest BCUT2D eigenvalue weighted by molar-refractivity contribution is 0.0997. The summed E-state index contributed by atoms with van der Waals surface area (Å²) in [5.41, 5.74) is 1.87. The van der Waals surface area contributed by atoms with Crippen LogP contribution in [0.15, 0.2) is 79.0 Å². The normalized spacial score (nSPS) is 10.8. The summed E-state index contributed by atoms with van der Waals surface area (Å²) < 4.78 is 1.65. The summed E-state index contributed by atoms with van der Waals surface area (Å²) in [6, 6.07) is 20.8. The van der Waals surface area contributed by atoms with E-state index in [0.29, 0.717) is 21.8 Å². The maximum absolute atomic E-state index is 13.1. The third-order valence-corrected chi connectivity index (χ3v) is 4.35. The van der Waals surface area contributed by atoms with Gasteiger partial charge in [0.2, 0.25) is 11.6 Å². The van der Waals surface area contributed by atoms with E-state index in [0.717, 1.165) is 0 Å². The molecule has 4 nitrogen and oxygen atoms in total. The van der Waals surface area contributed by atoms with Crippen molar-refractivity contribution in [2.45, 2.75) is 0 Å². The molecule has 0 amide bonds. The van der Waals surface area contributed by atoms with Crippen LogP contribution >= 0.6 is 11.6 Å². The summed E-state index contributed by atoms with van der Waals surface area (Å²) in [6.45, 7) is 0. The van der Waals surface area contributed by atoms with E-state index in [1.165, 1.54) is 0 Å². The molecule has 0 N–H and O–H groups in total. The Kier molecular flexibility index (Phi) is 4.11. The lowest BCUT2D eigenvalue weighted by Gasteiger charge is -2.05. The summed E-state index contributed by atoms with van der Waals surface area (Å²) in [6.07, 6.45) is 1.73. The van der Waals surface area contributed by atoms with Gasteiger partial charge in [-0.3, -0.25) is 14.0 Å². The maximum atomic E-state index is 13.1. The Morgan fingerprint density at radius 3 is 2.15 bits per heavy atom. The van der Waals surface area contributed by atoms with Crippen molar-refractivity contribution in [1.82, 2.24) is 9.38 Å². The van der Waals surface area contributed by atoms with E-state index in [4.69, 9.17) is 11.6 Å². The lowest BCUT2D eigenvalue weighted by Crippen LogP contribution is -2.12. The minimum Gasteiger partial charge on any atom is -0.296 e. The van der Waals surface area contributed by atoms with E-state index in [1.807, 2.05) is 12.1 Å². The molecular formula is C21H13ClN2O2. The van der Waals surface area contributed by atoms with Gasteiger partial charge in [-0.2, -0.15) is 0 Å². The second-order valence-electron chi connectivity index (χ2n) is 5.77. The molecule has 0 saturated carbocycles. The zero-order valence-corrected chi connectivity index (χ0v) is 14.4. The van der Waals surface area contributed by atoms with Gasteiger partial charge in [0, 0.05) is 22.3 Å². The van der Waals surface area contributed by atoms with Crippen molar-refractivity contribution in [3.8, 4) is 0 Å². The molecule has 0 fully saturated rings. The Morgan fingerprint density at radius 2 is 1.42 bits per heavy atom. The fraction of sp³-hybridized carbons (Fsp3) is 0.